The molecular formula is C22H25NO2. The highest BCUT2D eigenvalue weighted by atomic mass is 16.5. The van der Waals surface area contributed by atoms with Crippen LogP contribution >= 0.6 is 0 Å². The highest BCUT2D eigenvalue weighted by Gasteiger charge is 2.47. The van der Waals surface area contributed by atoms with Gasteiger partial charge in [-0.2, -0.15) is 0 Å². The molecule has 2 fully saturated rings. The second-order valence-electron chi connectivity index (χ2n) is 7.50. The van der Waals surface area contributed by atoms with Gasteiger partial charge < -0.3 is 10.1 Å². The van der Waals surface area contributed by atoms with Crippen molar-refractivity contribution in [3.8, 4) is 5.75 Å². The van der Waals surface area contributed by atoms with E-state index in [0.29, 0.717) is 17.8 Å². The lowest BCUT2D eigenvalue weighted by Crippen LogP contribution is -2.31. The molecule has 3 heteroatoms. The Kier molecular flexibility index (Phi) is 4.24. The molecular weight excluding hydrogens is 310 g/mol. The van der Waals surface area contributed by atoms with Gasteiger partial charge in [0.15, 0.2) is 0 Å². The van der Waals surface area contributed by atoms with E-state index in [0.717, 1.165) is 12.2 Å². The van der Waals surface area contributed by atoms with Crippen LogP contribution in [0.3, 0.4) is 0 Å². The van der Waals surface area contributed by atoms with Crippen LogP contribution in [0.1, 0.15) is 42.9 Å². The summed E-state index contributed by atoms with van der Waals surface area (Å²) in [5.74, 6) is 2.73. The number of hydrogen-bond donors (Lipinski definition) is 1. The predicted molar refractivity (Wildman–Crippen MR) is 98.4 cm³/mol. The van der Waals surface area contributed by atoms with Crippen LogP contribution in [0.5, 0.6) is 5.75 Å². The molecule has 0 bridgehead atoms. The van der Waals surface area contributed by atoms with E-state index in [-0.39, 0.29) is 17.9 Å². The first-order valence-electron chi connectivity index (χ1n) is 9.16. The monoisotopic (exact) mass is 335 g/mol. The van der Waals surface area contributed by atoms with E-state index >= 15 is 0 Å². The van der Waals surface area contributed by atoms with Gasteiger partial charge >= 0.3 is 0 Å². The first kappa shape index (κ1) is 16.2. The van der Waals surface area contributed by atoms with Crippen molar-refractivity contribution in [2.75, 3.05) is 7.11 Å². The van der Waals surface area contributed by atoms with Gasteiger partial charge in [0.25, 0.3) is 0 Å². The van der Waals surface area contributed by atoms with Crippen molar-refractivity contribution in [3.63, 3.8) is 0 Å². The van der Waals surface area contributed by atoms with E-state index in [1.807, 2.05) is 18.2 Å². The average molecular weight is 335 g/mol. The molecule has 2 aliphatic carbocycles. The van der Waals surface area contributed by atoms with Gasteiger partial charge in [0.2, 0.25) is 5.91 Å². The summed E-state index contributed by atoms with van der Waals surface area (Å²) >= 11 is 0. The molecule has 0 aromatic heterocycles. The maximum atomic E-state index is 12.8. The number of nitrogens with one attached hydrogen (secondary N) is 1. The predicted octanol–water partition coefficient (Wildman–Crippen LogP) is 4.31. The van der Waals surface area contributed by atoms with E-state index < -0.39 is 0 Å². The normalized spacial score (nSPS) is 28.1. The molecule has 5 unspecified atom stereocenters. The molecule has 2 aromatic rings. The summed E-state index contributed by atoms with van der Waals surface area (Å²) in [6, 6.07) is 18.6. The second-order valence-corrected chi connectivity index (χ2v) is 7.50. The number of hydrogen-bond acceptors (Lipinski definition) is 2. The zero-order chi connectivity index (χ0) is 17.4. The first-order chi connectivity index (χ1) is 12.2. The minimum absolute atomic E-state index is 0.0902. The van der Waals surface area contributed by atoms with Crippen LogP contribution in [0.4, 0.5) is 0 Å². The summed E-state index contributed by atoms with van der Waals surface area (Å²) in [6.07, 6.45) is 2.13. The van der Waals surface area contributed by atoms with Gasteiger partial charge in [-0.1, -0.05) is 49.4 Å². The van der Waals surface area contributed by atoms with Crippen LogP contribution in [0.15, 0.2) is 54.6 Å². The van der Waals surface area contributed by atoms with E-state index in [2.05, 4.69) is 48.6 Å². The molecule has 5 atom stereocenters. The van der Waals surface area contributed by atoms with Crippen LogP contribution < -0.4 is 10.1 Å². The van der Waals surface area contributed by atoms with Gasteiger partial charge in [-0.05, 0) is 53.9 Å². The standard InChI is InChI=1S/C22H25NO2/c1-14-11-18(14)21(15-7-4-3-5-8-15)23-22(24)20-13-19(20)16-9-6-10-17(12-16)25-2/h3-10,12,14,18-21H,11,13H2,1-2H3,(H,23,24). The van der Waals surface area contributed by atoms with E-state index in [1.165, 1.54) is 17.5 Å². The maximum absolute atomic E-state index is 12.8. The van der Waals surface area contributed by atoms with Crippen LogP contribution in [0.2, 0.25) is 0 Å². The van der Waals surface area contributed by atoms with E-state index in [1.54, 1.807) is 7.11 Å². The number of carbonyl (C=O) groups excluding carboxylic acids is 1. The molecule has 2 aliphatic rings. The molecule has 0 radical (unpaired) electrons. The van der Waals surface area contributed by atoms with Gasteiger partial charge in [0, 0.05) is 5.92 Å². The zero-order valence-corrected chi connectivity index (χ0v) is 14.8. The Bertz CT molecular complexity index is 758. The number of amides is 1. The third kappa shape index (κ3) is 3.41. The van der Waals surface area contributed by atoms with Crippen molar-refractivity contribution in [1.29, 1.82) is 0 Å². The topological polar surface area (TPSA) is 38.3 Å². The lowest BCUT2D eigenvalue weighted by atomic mass is 10.0. The summed E-state index contributed by atoms with van der Waals surface area (Å²) in [6.45, 7) is 2.27. The fraction of sp³-hybridized carbons (Fsp3) is 0.409. The van der Waals surface area contributed by atoms with Crippen molar-refractivity contribution in [2.24, 2.45) is 17.8 Å². The number of rotatable bonds is 6. The van der Waals surface area contributed by atoms with E-state index in [9.17, 15) is 4.79 Å². The molecule has 1 amide bonds. The third-order valence-corrected chi connectivity index (χ3v) is 5.71. The highest BCUT2D eigenvalue weighted by molar-refractivity contribution is 5.83. The molecule has 130 valence electrons. The molecule has 3 nitrogen and oxygen atoms in total. The van der Waals surface area contributed by atoms with Crippen LogP contribution in [-0.2, 0) is 4.79 Å². The molecule has 2 aromatic carbocycles. The zero-order valence-electron chi connectivity index (χ0n) is 14.8. The van der Waals surface area contributed by atoms with Gasteiger partial charge in [-0.15, -0.1) is 0 Å². The summed E-state index contributed by atoms with van der Waals surface area (Å²) < 4.78 is 5.30. The molecule has 0 saturated heterocycles. The minimum Gasteiger partial charge on any atom is -0.497 e. The van der Waals surface area contributed by atoms with Crippen molar-refractivity contribution < 1.29 is 9.53 Å². The molecule has 0 heterocycles. The van der Waals surface area contributed by atoms with E-state index in [4.69, 9.17) is 4.74 Å². The van der Waals surface area contributed by atoms with Crippen molar-refractivity contribution in [2.45, 2.75) is 31.7 Å². The fourth-order valence-corrected chi connectivity index (χ4v) is 3.90. The highest BCUT2D eigenvalue weighted by Crippen LogP contribution is 2.50. The molecule has 4 rings (SSSR count). The Morgan fingerprint density at radius 2 is 1.88 bits per heavy atom. The third-order valence-electron chi connectivity index (χ3n) is 5.71. The van der Waals surface area contributed by atoms with Crippen molar-refractivity contribution >= 4 is 5.91 Å². The lowest BCUT2D eigenvalue weighted by Gasteiger charge is -2.19. The van der Waals surface area contributed by atoms with Crippen LogP contribution in [-0.4, -0.2) is 13.0 Å². The van der Waals surface area contributed by atoms with Crippen molar-refractivity contribution in [1.82, 2.24) is 5.32 Å². The Balaban J connectivity index is 1.44. The van der Waals surface area contributed by atoms with Crippen molar-refractivity contribution in [3.05, 3.63) is 65.7 Å². The SMILES string of the molecule is COc1cccc(C2CC2C(=O)NC(c2ccccc2)C2CC2C)c1. The Morgan fingerprint density at radius 3 is 2.56 bits per heavy atom. The number of methoxy groups -OCH3 is 1. The maximum Gasteiger partial charge on any atom is 0.224 e. The Hall–Kier alpha value is -2.29. The van der Waals surface area contributed by atoms with Gasteiger partial charge in [0.1, 0.15) is 5.75 Å². The van der Waals surface area contributed by atoms with Gasteiger partial charge in [-0.25, -0.2) is 0 Å². The summed E-state index contributed by atoms with van der Waals surface area (Å²) in [5, 5.41) is 3.35. The van der Waals surface area contributed by atoms with Gasteiger partial charge in [-0.3, -0.25) is 4.79 Å². The molecule has 0 aliphatic heterocycles. The minimum atomic E-state index is 0.0902. The Morgan fingerprint density at radius 1 is 1.12 bits per heavy atom. The molecule has 1 N–H and O–H groups in total. The number of carbonyl (C=O) groups is 1. The molecule has 25 heavy (non-hydrogen) atoms. The lowest BCUT2D eigenvalue weighted by molar-refractivity contribution is -0.123. The quantitative estimate of drug-likeness (QED) is 0.854. The molecule has 2 saturated carbocycles. The van der Waals surface area contributed by atoms with Crippen LogP contribution in [0, 0.1) is 17.8 Å². The summed E-state index contributed by atoms with van der Waals surface area (Å²) in [4.78, 5) is 12.8. The second kappa shape index (κ2) is 6.55. The fourth-order valence-electron chi connectivity index (χ4n) is 3.90. The largest absolute Gasteiger partial charge is 0.497 e. The summed E-state index contributed by atoms with van der Waals surface area (Å²) in [5.41, 5.74) is 2.43. The molecule has 0 spiro atoms. The van der Waals surface area contributed by atoms with Crippen LogP contribution in [0.25, 0.3) is 0 Å². The Labute approximate surface area is 149 Å². The first-order valence-corrected chi connectivity index (χ1v) is 9.16. The average Bonchev–Trinajstić information content (AvgIpc) is 3.56. The number of benzene rings is 2. The smallest absolute Gasteiger partial charge is 0.224 e. The summed E-state index contributed by atoms with van der Waals surface area (Å²) in [7, 11) is 1.68. The van der Waals surface area contributed by atoms with Gasteiger partial charge in [0.05, 0.1) is 13.2 Å². The number of ether oxygens (including phenoxy) is 1.